The summed E-state index contributed by atoms with van der Waals surface area (Å²) in [5, 5.41) is 4.66. The number of fused-ring (bicyclic) bond motifs is 4. The zero-order chi connectivity index (χ0) is 48.2. The van der Waals surface area contributed by atoms with Gasteiger partial charge < -0.3 is 9.80 Å². The van der Waals surface area contributed by atoms with Crippen LogP contribution in [0.1, 0.15) is 33.2 Å². The molecule has 0 radical (unpaired) electrons. The minimum atomic E-state index is -2.13. The van der Waals surface area contributed by atoms with E-state index in [1.54, 1.807) is 24.3 Å². The molecular weight excluding hydrogens is 749 g/mol. The standard InChI is InChI=1S/C60H44N2/c1-3-11-57-45(7-1)9-5-13-59(57)47-25-33-53(34-26-47)61(55-37-23-43-15-17-49(43)39-55)51-29-19-41(20-30-51)42-21-31-52(32-22-42)62(56-38-24-44-16-18-50(44)40-56)54-35-27-48(28-36-54)60-14-6-10-46-8-2-4-12-58(46)60/h1-14,19-40H,15-18H2/i15D2,16D2,17D2,18D2. The van der Waals surface area contributed by atoms with E-state index in [2.05, 4.69) is 155 Å². The Bertz CT molecular complexity index is 3410. The van der Waals surface area contributed by atoms with Gasteiger partial charge >= 0.3 is 0 Å². The number of hydrogen-bond donors (Lipinski definition) is 0. The molecule has 0 amide bonds. The SMILES string of the molecule is [2H]C1([2H])c2ccc(N(c3ccc(-c4ccc(N(c5ccc(-c6cccc7ccccc67)cc5)c5ccc6c(c5)C([2H])([2H])C6([2H])[2H])cc4)cc3)c3ccc(-c4cccc5ccccc45)cc3)cc2C1([2H])[2H]. The van der Waals surface area contributed by atoms with Crippen LogP contribution in [-0.4, -0.2) is 0 Å². The fourth-order valence-corrected chi connectivity index (χ4v) is 8.95. The van der Waals surface area contributed by atoms with Crippen molar-refractivity contribution in [3.05, 3.63) is 241 Å². The number of aryl methyl sites for hydroxylation is 4. The van der Waals surface area contributed by atoms with E-state index in [1.165, 1.54) is 10.8 Å². The lowest BCUT2D eigenvalue weighted by atomic mass is 9.88. The van der Waals surface area contributed by atoms with Gasteiger partial charge in [0.2, 0.25) is 0 Å². The molecule has 2 heteroatoms. The first-order chi connectivity index (χ1) is 33.7. The molecule has 2 aliphatic rings. The lowest BCUT2D eigenvalue weighted by Gasteiger charge is -2.29. The molecule has 294 valence electrons. The average Bonchev–Trinajstić information content (AvgIpc) is 3.39. The molecule has 0 saturated heterocycles. The van der Waals surface area contributed by atoms with E-state index >= 15 is 0 Å². The summed E-state index contributed by atoms with van der Waals surface area (Å²) in [4.78, 5) is 4.16. The lowest BCUT2D eigenvalue weighted by Crippen LogP contribution is -2.14. The number of benzene rings is 10. The van der Waals surface area contributed by atoms with Crippen LogP contribution in [-0.2, 0) is 25.5 Å². The highest BCUT2D eigenvalue weighted by atomic mass is 15.1. The molecule has 0 spiro atoms. The van der Waals surface area contributed by atoms with Gasteiger partial charge in [0.15, 0.2) is 0 Å². The van der Waals surface area contributed by atoms with E-state index in [0.29, 0.717) is 22.3 Å². The summed E-state index contributed by atoms with van der Waals surface area (Å²) >= 11 is 0. The summed E-state index contributed by atoms with van der Waals surface area (Å²) in [7, 11) is 0. The first-order valence-corrected chi connectivity index (χ1v) is 21.0. The van der Waals surface area contributed by atoms with Gasteiger partial charge in [0.1, 0.15) is 0 Å². The molecule has 12 rings (SSSR count). The second kappa shape index (κ2) is 15.1. The van der Waals surface area contributed by atoms with Gasteiger partial charge in [-0.15, -0.1) is 0 Å². The first kappa shape index (κ1) is 28.7. The normalized spacial score (nSPS) is 17.7. The van der Waals surface area contributed by atoms with Crippen LogP contribution in [0.2, 0.25) is 0 Å². The van der Waals surface area contributed by atoms with Crippen molar-refractivity contribution in [1.82, 2.24) is 0 Å². The van der Waals surface area contributed by atoms with E-state index in [1.807, 2.05) is 48.5 Å². The van der Waals surface area contributed by atoms with Crippen molar-refractivity contribution >= 4 is 55.7 Å². The number of nitrogens with zero attached hydrogens (tertiary/aromatic N) is 2. The van der Waals surface area contributed by atoms with Crippen LogP contribution in [0.4, 0.5) is 34.1 Å². The van der Waals surface area contributed by atoms with E-state index in [-0.39, 0.29) is 0 Å². The molecule has 0 atom stereocenters. The zero-order valence-corrected chi connectivity index (χ0v) is 33.7. The summed E-state index contributed by atoms with van der Waals surface area (Å²) in [6, 6.07) is 73.2. The van der Waals surface area contributed by atoms with Crippen LogP contribution in [0.25, 0.3) is 54.9 Å². The fraction of sp³-hybridized carbons (Fsp3) is 0.0667. The largest absolute Gasteiger partial charge is 0.310 e. The highest BCUT2D eigenvalue weighted by Gasteiger charge is 2.21. The fourth-order valence-electron chi connectivity index (χ4n) is 8.95. The molecule has 0 N–H and O–H groups in total. The monoisotopic (exact) mass is 800 g/mol. The lowest BCUT2D eigenvalue weighted by molar-refractivity contribution is 0.839. The Morgan fingerprint density at radius 1 is 0.274 bits per heavy atom. The van der Waals surface area contributed by atoms with Gasteiger partial charge in [-0.25, -0.2) is 0 Å². The van der Waals surface area contributed by atoms with Crippen molar-refractivity contribution in [2.45, 2.75) is 25.5 Å². The third kappa shape index (κ3) is 6.44. The third-order valence-corrected chi connectivity index (χ3v) is 12.2. The second-order valence-electron chi connectivity index (χ2n) is 15.9. The average molecular weight is 801 g/mol. The number of rotatable bonds is 9. The van der Waals surface area contributed by atoms with Crippen LogP contribution in [0, 0.1) is 0 Å². The molecule has 2 aliphatic carbocycles. The van der Waals surface area contributed by atoms with Crippen LogP contribution < -0.4 is 9.80 Å². The van der Waals surface area contributed by atoms with E-state index < -0.39 is 25.5 Å². The van der Waals surface area contributed by atoms with Crippen LogP contribution >= 0.6 is 0 Å². The maximum absolute atomic E-state index is 8.61. The summed E-state index contributed by atoms with van der Waals surface area (Å²) in [6.07, 6.45) is -8.39. The Hall–Kier alpha value is -7.68. The van der Waals surface area contributed by atoms with Crippen molar-refractivity contribution in [2.24, 2.45) is 0 Å². The summed E-state index contributed by atoms with van der Waals surface area (Å²) in [6.45, 7) is 0. The molecule has 0 bridgehead atoms. The Kier molecular flexibility index (Phi) is 7.00. The van der Waals surface area contributed by atoms with Gasteiger partial charge in [0.25, 0.3) is 0 Å². The van der Waals surface area contributed by atoms with E-state index in [4.69, 9.17) is 11.0 Å². The summed E-state index contributed by atoms with van der Waals surface area (Å²) in [5.74, 6) is 0. The minimum Gasteiger partial charge on any atom is -0.310 e. The molecule has 0 aromatic heterocycles. The molecule has 10 aromatic carbocycles. The predicted molar refractivity (Wildman–Crippen MR) is 262 cm³/mol. The topological polar surface area (TPSA) is 6.48 Å². The molecule has 10 aromatic rings. The van der Waals surface area contributed by atoms with Gasteiger partial charge in [-0.1, -0.05) is 146 Å². The van der Waals surface area contributed by atoms with Gasteiger partial charge in [0, 0.05) is 45.1 Å². The molecule has 2 nitrogen and oxygen atoms in total. The maximum atomic E-state index is 8.61. The van der Waals surface area contributed by atoms with Crippen LogP contribution in [0.3, 0.4) is 0 Å². The Balaban J connectivity index is 0.890. The number of hydrogen-bond acceptors (Lipinski definition) is 2. The first-order valence-electron chi connectivity index (χ1n) is 25.0. The van der Waals surface area contributed by atoms with Crippen molar-refractivity contribution in [1.29, 1.82) is 0 Å². The van der Waals surface area contributed by atoms with Crippen molar-refractivity contribution in [3.63, 3.8) is 0 Å². The molecular formula is C60H44N2. The Morgan fingerprint density at radius 2 is 0.597 bits per heavy atom. The minimum absolute atomic E-state index is 0.350. The summed E-state index contributed by atoms with van der Waals surface area (Å²) in [5.41, 5.74) is 12.7. The second-order valence-corrected chi connectivity index (χ2v) is 15.9. The quantitative estimate of drug-likeness (QED) is 0.143. The van der Waals surface area contributed by atoms with Crippen molar-refractivity contribution in [2.75, 3.05) is 9.80 Å². The summed E-state index contributed by atoms with van der Waals surface area (Å²) < 4.78 is 68.1. The van der Waals surface area contributed by atoms with Crippen molar-refractivity contribution in [3.8, 4) is 33.4 Å². The van der Waals surface area contributed by atoms with E-state index in [9.17, 15) is 0 Å². The number of anilines is 6. The molecule has 0 aliphatic heterocycles. The van der Waals surface area contributed by atoms with Gasteiger partial charge in [0.05, 0.1) is 0 Å². The Labute approximate surface area is 374 Å². The molecule has 0 fully saturated rings. The predicted octanol–water partition coefficient (Wildman–Crippen LogP) is 16.1. The highest BCUT2D eigenvalue weighted by Crippen LogP contribution is 2.42. The van der Waals surface area contributed by atoms with Gasteiger partial charge in [-0.05, 0) is 175 Å². The highest BCUT2D eigenvalue weighted by molar-refractivity contribution is 5.98. The van der Waals surface area contributed by atoms with Crippen LogP contribution in [0.5, 0.6) is 0 Å². The molecule has 0 saturated carbocycles. The third-order valence-electron chi connectivity index (χ3n) is 12.2. The maximum Gasteiger partial charge on any atom is 0.0464 e. The van der Waals surface area contributed by atoms with Crippen LogP contribution in [0.15, 0.2) is 218 Å². The molecule has 0 heterocycles. The molecule has 62 heavy (non-hydrogen) atoms. The smallest absolute Gasteiger partial charge is 0.0464 e. The zero-order valence-electron chi connectivity index (χ0n) is 41.7. The van der Waals surface area contributed by atoms with Gasteiger partial charge in [-0.3, -0.25) is 0 Å². The molecule has 0 unspecified atom stereocenters. The Morgan fingerprint density at radius 3 is 1.00 bits per heavy atom. The van der Waals surface area contributed by atoms with Crippen molar-refractivity contribution < 1.29 is 11.0 Å². The van der Waals surface area contributed by atoms with E-state index in [0.717, 1.165) is 78.3 Å². The van der Waals surface area contributed by atoms with Gasteiger partial charge in [-0.2, -0.15) is 0 Å².